The van der Waals surface area contributed by atoms with Crippen molar-refractivity contribution < 1.29 is 9.59 Å². The van der Waals surface area contributed by atoms with Gasteiger partial charge in [0.05, 0.1) is 11.6 Å². The highest BCUT2D eigenvalue weighted by Crippen LogP contribution is 2.24. The molecule has 0 saturated heterocycles. The van der Waals surface area contributed by atoms with Crippen molar-refractivity contribution in [3.05, 3.63) is 40.8 Å². The number of pyridine rings is 1. The predicted octanol–water partition coefficient (Wildman–Crippen LogP) is 1.88. The van der Waals surface area contributed by atoms with Crippen molar-refractivity contribution in [3.63, 3.8) is 0 Å². The van der Waals surface area contributed by atoms with Crippen LogP contribution in [0.4, 0.5) is 5.82 Å². The molecule has 7 heteroatoms. The minimum absolute atomic E-state index is 0.139. The van der Waals surface area contributed by atoms with E-state index in [0.29, 0.717) is 11.4 Å². The molecule has 24 heavy (non-hydrogen) atoms. The Balaban J connectivity index is 2.20. The maximum atomic E-state index is 12.6. The van der Waals surface area contributed by atoms with Crippen LogP contribution >= 0.6 is 0 Å². The Bertz CT molecular complexity index is 779. The summed E-state index contributed by atoms with van der Waals surface area (Å²) in [5.41, 5.74) is 3.18. The minimum Gasteiger partial charge on any atom is -0.345 e. The Morgan fingerprint density at radius 1 is 1.29 bits per heavy atom. The van der Waals surface area contributed by atoms with E-state index >= 15 is 0 Å². The first-order valence-electron chi connectivity index (χ1n) is 7.71. The maximum Gasteiger partial charge on any atom is 0.253 e. The van der Waals surface area contributed by atoms with Gasteiger partial charge in [-0.2, -0.15) is 5.10 Å². The summed E-state index contributed by atoms with van der Waals surface area (Å²) in [5.74, 6) is -0.330. The lowest BCUT2D eigenvalue weighted by Crippen LogP contribution is -2.23. The van der Waals surface area contributed by atoms with Gasteiger partial charge in [-0.05, 0) is 32.9 Å². The standard InChI is InChI=1S/C17H23N5O2/c1-10(15-11(2)20-22(6)12(15)3)16(23)19-14-9-13(7-8-18-14)17(24)21(4)5/h7-10H,1-6H3,(H,18,19,23). The van der Waals surface area contributed by atoms with Gasteiger partial charge in [-0.25, -0.2) is 4.98 Å². The molecule has 0 spiro atoms. The van der Waals surface area contributed by atoms with Crippen LogP contribution in [0.15, 0.2) is 18.3 Å². The van der Waals surface area contributed by atoms with E-state index in [9.17, 15) is 9.59 Å². The lowest BCUT2D eigenvalue weighted by molar-refractivity contribution is -0.117. The van der Waals surface area contributed by atoms with Gasteiger partial charge in [-0.1, -0.05) is 0 Å². The second-order valence-corrected chi connectivity index (χ2v) is 6.05. The van der Waals surface area contributed by atoms with Crippen molar-refractivity contribution in [1.82, 2.24) is 19.7 Å². The van der Waals surface area contributed by atoms with Gasteiger partial charge in [0.25, 0.3) is 5.91 Å². The van der Waals surface area contributed by atoms with Gasteiger partial charge in [-0.3, -0.25) is 14.3 Å². The Morgan fingerprint density at radius 3 is 2.50 bits per heavy atom. The van der Waals surface area contributed by atoms with Gasteiger partial charge in [0.1, 0.15) is 5.82 Å². The molecule has 2 aromatic rings. The van der Waals surface area contributed by atoms with Crippen molar-refractivity contribution in [3.8, 4) is 0 Å². The third-order valence-corrected chi connectivity index (χ3v) is 4.06. The van der Waals surface area contributed by atoms with Crippen LogP contribution in [0, 0.1) is 13.8 Å². The van der Waals surface area contributed by atoms with Crippen LogP contribution < -0.4 is 5.32 Å². The van der Waals surface area contributed by atoms with Gasteiger partial charge >= 0.3 is 0 Å². The zero-order valence-electron chi connectivity index (χ0n) is 14.9. The molecule has 0 aliphatic heterocycles. The second kappa shape index (κ2) is 6.82. The molecule has 1 atom stereocenters. The van der Waals surface area contributed by atoms with E-state index in [4.69, 9.17) is 0 Å². The summed E-state index contributed by atoms with van der Waals surface area (Å²) >= 11 is 0. The third-order valence-electron chi connectivity index (χ3n) is 4.06. The summed E-state index contributed by atoms with van der Waals surface area (Å²) in [7, 11) is 5.21. The van der Waals surface area contributed by atoms with E-state index in [1.54, 1.807) is 30.9 Å². The summed E-state index contributed by atoms with van der Waals surface area (Å²) in [6.07, 6.45) is 1.51. The summed E-state index contributed by atoms with van der Waals surface area (Å²) in [4.78, 5) is 30.2. The average molecular weight is 329 g/mol. The summed E-state index contributed by atoms with van der Waals surface area (Å²) in [5, 5.41) is 7.13. The largest absolute Gasteiger partial charge is 0.345 e. The van der Waals surface area contributed by atoms with E-state index < -0.39 is 0 Å². The maximum absolute atomic E-state index is 12.6. The summed E-state index contributed by atoms with van der Waals surface area (Å²) in [6.45, 7) is 5.66. The number of aromatic nitrogens is 3. The van der Waals surface area contributed by atoms with Crippen LogP contribution in [0.2, 0.25) is 0 Å². The number of nitrogens with zero attached hydrogens (tertiary/aromatic N) is 4. The number of nitrogens with one attached hydrogen (secondary N) is 1. The number of carbonyl (C=O) groups is 2. The van der Waals surface area contributed by atoms with Gasteiger partial charge in [0.15, 0.2) is 0 Å². The molecule has 0 aromatic carbocycles. The van der Waals surface area contributed by atoms with E-state index in [-0.39, 0.29) is 17.7 Å². The molecule has 0 fully saturated rings. The molecule has 128 valence electrons. The summed E-state index contributed by atoms with van der Waals surface area (Å²) in [6, 6.07) is 3.20. The van der Waals surface area contributed by atoms with Crippen molar-refractivity contribution >= 4 is 17.6 Å². The molecule has 0 saturated carbocycles. The van der Waals surface area contributed by atoms with Crippen LogP contribution in [0.25, 0.3) is 0 Å². The molecule has 2 heterocycles. The Hall–Kier alpha value is -2.70. The zero-order chi connectivity index (χ0) is 18.0. The lowest BCUT2D eigenvalue weighted by Gasteiger charge is -2.14. The van der Waals surface area contributed by atoms with Crippen LogP contribution in [0.1, 0.15) is 40.2 Å². The molecule has 2 rings (SSSR count). The fourth-order valence-electron chi connectivity index (χ4n) is 2.67. The number of hydrogen-bond acceptors (Lipinski definition) is 4. The SMILES string of the molecule is Cc1nn(C)c(C)c1C(C)C(=O)Nc1cc(C(=O)N(C)C)ccn1. The molecule has 0 aliphatic carbocycles. The minimum atomic E-state index is -0.367. The highest BCUT2D eigenvalue weighted by molar-refractivity contribution is 5.98. The molecular weight excluding hydrogens is 306 g/mol. The van der Waals surface area contributed by atoms with Gasteiger partial charge < -0.3 is 10.2 Å². The van der Waals surface area contributed by atoms with E-state index in [0.717, 1.165) is 17.0 Å². The van der Waals surface area contributed by atoms with Crippen molar-refractivity contribution in [2.45, 2.75) is 26.7 Å². The highest BCUT2D eigenvalue weighted by atomic mass is 16.2. The number of aryl methyl sites for hydroxylation is 2. The molecule has 7 nitrogen and oxygen atoms in total. The molecule has 1 unspecified atom stereocenters. The van der Waals surface area contributed by atoms with Crippen molar-refractivity contribution in [1.29, 1.82) is 0 Å². The fourth-order valence-corrected chi connectivity index (χ4v) is 2.67. The third kappa shape index (κ3) is 3.45. The predicted molar refractivity (Wildman–Crippen MR) is 92.0 cm³/mol. The van der Waals surface area contributed by atoms with Crippen LogP contribution in [0.3, 0.4) is 0 Å². The van der Waals surface area contributed by atoms with Gasteiger partial charge in [0.2, 0.25) is 5.91 Å². The van der Waals surface area contributed by atoms with E-state index in [2.05, 4.69) is 15.4 Å². The number of hydrogen-bond donors (Lipinski definition) is 1. The first-order valence-corrected chi connectivity index (χ1v) is 7.71. The first kappa shape index (κ1) is 17.7. The number of rotatable bonds is 4. The van der Waals surface area contributed by atoms with E-state index in [1.807, 2.05) is 27.8 Å². The molecule has 0 radical (unpaired) electrons. The number of anilines is 1. The quantitative estimate of drug-likeness (QED) is 0.929. The van der Waals surface area contributed by atoms with Crippen LogP contribution in [-0.2, 0) is 11.8 Å². The van der Waals surface area contributed by atoms with E-state index in [1.165, 1.54) is 11.1 Å². The number of amides is 2. The van der Waals surface area contributed by atoms with Gasteiger partial charge in [-0.15, -0.1) is 0 Å². The average Bonchev–Trinajstić information content (AvgIpc) is 2.78. The molecule has 0 bridgehead atoms. The smallest absolute Gasteiger partial charge is 0.253 e. The first-order chi connectivity index (χ1) is 11.2. The molecular formula is C17H23N5O2. The molecule has 2 aromatic heterocycles. The Labute approximate surface area is 141 Å². The second-order valence-electron chi connectivity index (χ2n) is 6.05. The van der Waals surface area contributed by atoms with Crippen LogP contribution in [0.5, 0.6) is 0 Å². The normalized spacial score (nSPS) is 11.9. The molecule has 2 amide bonds. The Morgan fingerprint density at radius 2 is 1.96 bits per heavy atom. The highest BCUT2D eigenvalue weighted by Gasteiger charge is 2.23. The van der Waals surface area contributed by atoms with Crippen molar-refractivity contribution in [2.24, 2.45) is 7.05 Å². The zero-order valence-corrected chi connectivity index (χ0v) is 14.9. The van der Waals surface area contributed by atoms with Crippen molar-refractivity contribution in [2.75, 3.05) is 19.4 Å². The van der Waals surface area contributed by atoms with Crippen LogP contribution in [-0.4, -0.2) is 45.6 Å². The Kier molecular flexibility index (Phi) is 5.02. The molecule has 1 N–H and O–H groups in total. The number of carbonyl (C=O) groups excluding carboxylic acids is 2. The molecule has 0 aliphatic rings. The monoisotopic (exact) mass is 329 g/mol. The topological polar surface area (TPSA) is 80.1 Å². The fraction of sp³-hybridized carbons (Fsp3) is 0.412. The summed E-state index contributed by atoms with van der Waals surface area (Å²) < 4.78 is 1.77. The lowest BCUT2D eigenvalue weighted by atomic mass is 9.98. The van der Waals surface area contributed by atoms with Gasteiger partial charge in [0, 0.05) is 44.2 Å².